The molecular weight excluding hydrogens is 260 g/mol. The smallest absolute Gasteiger partial charge is 0.223 e. The summed E-state index contributed by atoms with van der Waals surface area (Å²) in [6, 6.07) is 10.2. The van der Waals surface area contributed by atoms with Crippen molar-refractivity contribution in [2.75, 3.05) is 19.6 Å². The number of piperidine rings is 1. The molecule has 0 unspecified atom stereocenters. The zero-order chi connectivity index (χ0) is 14.9. The maximum absolute atomic E-state index is 12.4. The van der Waals surface area contributed by atoms with Crippen LogP contribution in [-0.4, -0.2) is 30.4 Å². The minimum atomic E-state index is 0.247. The van der Waals surface area contributed by atoms with Crippen LogP contribution in [0.5, 0.6) is 0 Å². The Morgan fingerprint density at radius 2 is 2.00 bits per heavy atom. The molecule has 0 radical (unpaired) electrons. The summed E-state index contributed by atoms with van der Waals surface area (Å²) >= 11 is 0. The van der Waals surface area contributed by atoms with Crippen LogP contribution >= 0.6 is 0 Å². The standard InChI is InChI=1S/C18H26N2O/c1-2-14-20(15-17-6-4-3-5-7-17)18(21)9-8-16-10-12-19-13-11-16/h2-7,16,19H,1,8-15H2. The number of hydrogen-bond donors (Lipinski definition) is 1. The summed E-state index contributed by atoms with van der Waals surface area (Å²) in [6.45, 7) is 7.27. The van der Waals surface area contributed by atoms with Gasteiger partial charge in [-0.25, -0.2) is 0 Å². The van der Waals surface area contributed by atoms with Crippen molar-refractivity contribution < 1.29 is 4.79 Å². The number of amides is 1. The van der Waals surface area contributed by atoms with Crippen LogP contribution in [0.3, 0.4) is 0 Å². The lowest BCUT2D eigenvalue weighted by Crippen LogP contribution is -2.32. The van der Waals surface area contributed by atoms with Crippen molar-refractivity contribution in [3.8, 4) is 0 Å². The van der Waals surface area contributed by atoms with Gasteiger partial charge in [-0.05, 0) is 43.8 Å². The lowest BCUT2D eigenvalue weighted by Gasteiger charge is -2.25. The highest BCUT2D eigenvalue weighted by Crippen LogP contribution is 2.19. The number of nitrogens with zero attached hydrogens (tertiary/aromatic N) is 1. The first-order valence-electron chi connectivity index (χ1n) is 7.93. The van der Waals surface area contributed by atoms with Gasteiger partial charge in [0.05, 0.1) is 0 Å². The molecular formula is C18H26N2O. The van der Waals surface area contributed by atoms with E-state index in [1.54, 1.807) is 0 Å². The Kier molecular flexibility index (Phi) is 6.48. The van der Waals surface area contributed by atoms with Crippen LogP contribution in [0.4, 0.5) is 0 Å². The van der Waals surface area contributed by atoms with Crippen molar-refractivity contribution in [2.24, 2.45) is 5.92 Å². The molecule has 1 aliphatic heterocycles. The first kappa shape index (κ1) is 15.8. The van der Waals surface area contributed by atoms with Gasteiger partial charge in [-0.15, -0.1) is 6.58 Å². The lowest BCUT2D eigenvalue weighted by atomic mass is 9.93. The molecule has 0 spiro atoms. The maximum atomic E-state index is 12.4. The largest absolute Gasteiger partial charge is 0.335 e. The monoisotopic (exact) mass is 286 g/mol. The summed E-state index contributed by atoms with van der Waals surface area (Å²) in [6.07, 6.45) is 5.89. The SMILES string of the molecule is C=CCN(Cc1ccccc1)C(=O)CCC1CCNCC1. The molecule has 2 rings (SSSR count). The minimum Gasteiger partial charge on any atom is -0.335 e. The second-order valence-corrected chi connectivity index (χ2v) is 5.78. The van der Waals surface area contributed by atoms with Crippen molar-refractivity contribution in [3.63, 3.8) is 0 Å². The van der Waals surface area contributed by atoms with Gasteiger partial charge in [-0.1, -0.05) is 36.4 Å². The predicted octanol–water partition coefficient (Wildman–Crippen LogP) is 2.98. The van der Waals surface area contributed by atoms with Crippen LogP contribution in [0.1, 0.15) is 31.2 Å². The number of rotatable bonds is 7. The summed E-state index contributed by atoms with van der Waals surface area (Å²) in [5, 5.41) is 3.37. The lowest BCUT2D eigenvalue weighted by molar-refractivity contribution is -0.131. The van der Waals surface area contributed by atoms with Crippen molar-refractivity contribution >= 4 is 5.91 Å². The molecule has 1 heterocycles. The molecule has 1 fully saturated rings. The molecule has 1 aliphatic rings. The molecule has 3 nitrogen and oxygen atoms in total. The van der Waals surface area contributed by atoms with Crippen LogP contribution in [0, 0.1) is 5.92 Å². The first-order valence-corrected chi connectivity index (χ1v) is 7.93. The van der Waals surface area contributed by atoms with Crippen molar-refractivity contribution in [1.29, 1.82) is 0 Å². The van der Waals surface area contributed by atoms with Crippen LogP contribution in [-0.2, 0) is 11.3 Å². The minimum absolute atomic E-state index is 0.247. The Balaban J connectivity index is 1.84. The van der Waals surface area contributed by atoms with Gasteiger partial charge in [0.25, 0.3) is 0 Å². The van der Waals surface area contributed by atoms with E-state index in [4.69, 9.17) is 0 Å². The number of benzene rings is 1. The van der Waals surface area contributed by atoms with Gasteiger partial charge in [0, 0.05) is 19.5 Å². The molecule has 1 aromatic carbocycles. The number of carbonyl (C=O) groups is 1. The first-order chi connectivity index (χ1) is 10.3. The van der Waals surface area contributed by atoms with Gasteiger partial charge >= 0.3 is 0 Å². The van der Waals surface area contributed by atoms with E-state index >= 15 is 0 Å². The molecule has 114 valence electrons. The molecule has 0 aromatic heterocycles. The highest BCUT2D eigenvalue weighted by atomic mass is 16.2. The van der Waals surface area contributed by atoms with E-state index < -0.39 is 0 Å². The summed E-state index contributed by atoms with van der Waals surface area (Å²) in [4.78, 5) is 14.3. The number of nitrogens with one attached hydrogen (secondary N) is 1. The molecule has 1 saturated heterocycles. The molecule has 3 heteroatoms. The molecule has 1 N–H and O–H groups in total. The second-order valence-electron chi connectivity index (χ2n) is 5.78. The highest BCUT2D eigenvalue weighted by molar-refractivity contribution is 5.76. The summed E-state index contributed by atoms with van der Waals surface area (Å²) in [5.41, 5.74) is 1.18. The third-order valence-corrected chi connectivity index (χ3v) is 4.14. The van der Waals surface area contributed by atoms with E-state index in [2.05, 4.69) is 24.0 Å². The van der Waals surface area contributed by atoms with Gasteiger partial charge in [0.1, 0.15) is 0 Å². The topological polar surface area (TPSA) is 32.3 Å². The van der Waals surface area contributed by atoms with E-state index in [9.17, 15) is 4.79 Å². The Bertz CT molecular complexity index is 438. The van der Waals surface area contributed by atoms with Crippen molar-refractivity contribution in [3.05, 3.63) is 48.6 Å². The van der Waals surface area contributed by atoms with Gasteiger partial charge < -0.3 is 10.2 Å². The maximum Gasteiger partial charge on any atom is 0.223 e. The fourth-order valence-electron chi connectivity index (χ4n) is 2.87. The third kappa shape index (κ3) is 5.35. The van der Waals surface area contributed by atoms with E-state index in [0.717, 1.165) is 19.5 Å². The highest BCUT2D eigenvalue weighted by Gasteiger charge is 2.17. The second kappa shape index (κ2) is 8.63. The summed E-state index contributed by atoms with van der Waals surface area (Å²) in [7, 11) is 0. The quantitative estimate of drug-likeness (QED) is 0.782. The molecule has 0 atom stereocenters. The van der Waals surface area contributed by atoms with E-state index in [-0.39, 0.29) is 5.91 Å². The molecule has 0 bridgehead atoms. The zero-order valence-electron chi connectivity index (χ0n) is 12.8. The van der Waals surface area contributed by atoms with Gasteiger partial charge in [-0.2, -0.15) is 0 Å². The normalized spacial score (nSPS) is 15.6. The molecule has 21 heavy (non-hydrogen) atoms. The van der Waals surface area contributed by atoms with Gasteiger partial charge in [0.2, 0.25) is 5.91 Å². The Labute approximate surface area is 128 Å². The molecule has 0 saturated carbocycles. The van der Waals surface area contributed by atoms with E-state index in [0.29, 0.717) is 25.4 Å². The number of carbonyl (C=O) groups excluding carboxylic acids is 1. The average molecular weight is 286 g/mol. The summed E-state index contributed by atoms with van der Waals surface area (Å²) < 4.78 is 0. The Morgan fingerprint density at radius 3 is 2.67 bits per heavy atom. The van der Waals surface area contributed by atoms with E-state index in [1.807, 2.05) is 29.2 Å². The predicted molar refractivity (Wildman–Crippen MR) is 86.9 cm³/mol. The summed E-state index contributed by atoms with van der Waals surface area (Å²) in [5.74, 6) is 0.954. The van der Waals surface area contributed by atoms with Crippen molar-refractivity contribution in [2.45, 2.75) is 32.2 Å². The average Bonchev–Trinajstić information content (AvgIpc) is 2.54. The Hall–Kier alpha value is -1.61. The van der Waals surface area contributed by atoms with Crippen LogP contribution in [0.25, 0.3) is 0 Å². The zero-order valence-corrected chi connectivity index (χ0v) is 12.8. The molecule has 1 amide bonds. The Morgan fingerprint density at radius 1 is 1.29 bits per heavy atom. The number of hydrogen-bond acceptors (Lipinski definition) is 2. The fourth-order valence-corrected chi connectivity index (χ4v) is 2.87. The van der Waals surface area contributed by atoms with Gasteiger partial charge in [0.15, 0.2) is 0 Å². The van der Waals surface area contributed by atoms with Crippen LogP contribution < -0.4 is 5.32 Å². The molecule has 0 aliphatic carbocycles. The fraction of sp³-hybridized carbons (Fsp3) is 0.500. The molecule has 1 aromatic rings. The van der Waals surface area contributed by atoms with Crippen molar-refractivity contribution in [1.82, 2.24) is 10.2 Å². The third-order valence-electron chi connectivity index (χ3n) is 4.14. The van der Waals surface area contributed by atoms with Crippen LogP contribution in [0.2, 0.25) is 0 Å². The van der Waals surface area contributed by atoms with Gasteiger partial charge in [-0.3, -0.25) is 4.79 Å². The van der Waals surface area contributed by atoms with Crippen LogP contribution in [0.15, 0.2) is 43.0 Å². The van der Waals surface area contributed by atoms with E-state index in [1.165, 1.54) is 18.4 Å².